The van der Waals surface area contributed by atoms with Gasteiger partial charge in [-0.25, -0.2) is 4.98 Å². The lowest BCUT2D eigenvalue weighted by atomic mass is 9.83. The Bertz CT molecular complexity index is 1000. The summed E-state index contributed by atoms with van der Waals surface area (Å²) in [6.07, 6.45) is 1.86. The van der Waals surface area contributed by atoms with Gasteiger partial charge >= 0.3 is 0 Å². The van der Waals surface area contributed by atoms with E-state index < -0.39 is 0 Å². The number of ether oxygens (including phenoxy) is 2. The van der Waals surface area contributed by atoms with Gasteiger partial charge in [0.05, 0.1) is 36.2 Å². The van der Waals surface area contributed by atoms with Crippen molar-refractivity contribution in [2.24, 2.45) is 0 Å². The minimum atomic E-state index is -0.356. The first-order valence-corrected chi connectivity index (χ1v) is 9.88. The van der Waals surface area contributed by atoms with Gasteiger partial charge in [0.25, 0.3) is 5.91 Å². The van der Waals surface area contributed by atoms with Crippen LogP contribution in [0.4, 0.5) is 11.5 Å². The third-order valence-electron chi connectivity index (χ3n) is 4.74. The monoisotopic (exact) mass is 412 g/mol. The maximum atomic E-state index is 12.8. The second-order valence-electron chi connectivity index (χ2n) is 7.03. The predicted molar refractivity (Wildman–Crippen MR) is 115 cm³/mol. The molecule has 2 heterocycles. The first kappa shape index (κ1) is 20.8. The van der Waals surface area contributed by atoms with Crippen molar-refractivity contribution < 1.29 is 14.3 Å². The number of carbonyl (C=O) groups is 1. The summed E-state index contributed by atoms with van der Waals surface area (Å²) in [6, 6.07) is 9.11. The van der Waals surface area contributed by atoms with Crippen molar-refractivity contribution in [2.75, 3.05) is 25.3 Å². The molecule has 0 radical (unpaired) electrons. The van der Waals surface area contributed by atoms with Crippen molar-refractivity contribution in [3.63, 3.8) is 0 Å². The lowest BCUT2D eigenvalue weighted by Gasteiger charge is -2.25. The number of hydrogen-bond donors (Lipinski definition) is 2. The maximum absolute atomic E-state index is 12.8. The van der Waals surface area contributed by atoms with Crippen LogP contribution in [-0.2, 0) is 16.8 Å². The van der Waals surface area contributed by atoms with Gasteiger partial charge in [-0.2, -0.15) is 0 Å². The largest absolute Gasteiger partial charge is 0.495 e. The van der Waals surface area contributed by atoms with Crippen LogP contribution in [0, 0.1) is 0 Å². The van der Waals surface area contributed by atoms with Gasteiger partial charge < -0.3 is 20.5 Å². The van der Waals surface area contributed by atoms with Gasteiger partial charge in [-0.1, -0.05) is 19.9 Å². The van der Waals surface area contributed by atoms with E-state index in [-0.39, 0.29) is 17.1 Å². The molecule has 8 heteroatoms. The quantitative estimate of drug-likeness (QED) is 0.611. The zero-order valence-corrected chi connectivity index (χ0v) is 17.7. The Balaban J connectivity index is 1.91. The molecule has 7 nitrogen and oxygen atoms in total. The Morgan fingerprint density at radius 2 is 2.03 bits per heavy atom. The van der Waals surface area contributed by atoms with Crippen LogP contribution in [0.15, 0.2) is 42.0 Å². The molecule has 152 valence electrons. The smallest absolute Gasteiger partial charge is 0.259 e. The highest BCUT2D eigenvalue weighted by molar-refractivity contribution is 7.09. The number of nitrogens with one attached hydrogen (secondary N) is 1. The van der Waals surface area contributed by atoms with Crippen LogP contribution in [-0.4, -0.2) is 30.1 Å². The first-order valence-electron chi connectivity index (χ1n) is 9.00. The van der Waals surface area contributed by atoms with Crippen molar-refractivity contribution in [3.8, 4) is 5.75 Å². The molecule has 0 aliphatic heterocycles. The highest BCUT2D eigenvalue weighted by atomic mass is 32.1. The van der Waals surface area contributed by atoms with Crippen LogP contribution < -0.4 is 15.8 Å². The number of hydrogen-bond acceptors (Lipinski definition) is 7. The van der Waals surface area contributed by atoms with Crippen molar-refractivity contribution >= 4 is 28.7 Å². The number of thiazole rings is 1. The van der Waals surface area contributed by atoms with Crippen LogP contribution in [0.5, 0.6) is 5.75 Å². The van der Waals surface area contributed by atoms with Gasteiger partial charge in [0.2, 0.25) is 0 Å². The van der Waals surface area contributed by atoms with Crippen LogP contribution in [0.25, 0.3) is 0 Å². The lowest BCUT2D eigenvalue weighted by molar-refractivity contribution is 0.102. The van der Waals surface area contributed by atoms with Gasteiger partial charge in [-0.05, 0) is 29.8 Å². The number of carbonyl (C=O) groups excluding carboxylic acids is 1. The van der Waals surface area contributed by atoms with Crippen LogP contribution >= 0.6 is 11.3 Å². The average molecular weight is 413 g/mol. The molecule has 0 spiro atoms. The fourth-order valence-electron chi connectivity index (χ4n) is 2.99. The lowest BCUT2D eigenvalue weighted by Crippen LogP contribution is -2.19. The Morgan fingerprint density at radius 1 is 1.24 bits per heavy atom. The van der Waals surface area contributed by atoms with Crippen LogP contribution in [0.2, 0.25) is 0 Å². The van der Waals surface area contributed by atoms with E-state index in [4.69, 9.17) is 15.2 Å². The van der Waals surface area contributed by atoms with Gasteiger partial charge in [0, 0.05) is 23.6 Å². The summed E-state index contributed by atoms with van der Waals surface area (Å²) in [5.74, 6) is 0.354. The topological polar surface area (TPSA) is 99.4 Å². The van der Waals surface area contributed by atoms with E-state index in [0.29, 0.717) is 29.3 Å². The Morgan fingerprint density at radius 3 is 2.66 bits per heavy atom. The molecule has 0 bridgehead atoms. The van der Waals surface area contributed by atoms with Gasteiger partial charge in [-0.3, -0.25) is 9.78 Å². The minimum absolute atomic E-state index is 0.150. The van der Waals surface area contributed by atoms with Crippen LogP contribution in [0.3, 0.4) is 0 Å². The Hall–Kier alpha value is -2.97. The third-order valence-corrected chi connectivity index (χ3v) is 5.83. The number of benzene rings is 1. The molecule has 0 fully saturated rings. The molecule has 0 saturated heterocycles. The maximum Gasteiger partial charge on any atom is 0.259 e. The molecule has 3 N–H and O–H groups in total. The molecule has 0 saturated carbocycles. The van der Waals surface area contributed by atoms with E-state index in [1.54, 1.807) is 37.7 Å². The second kappa shape index (κ2) is 8.59. The van der Waals surface area contributed by atoms with E-state index in [9.17, 15) is 4.79 Å². The van der Waals surface area contributed by atoms with Gasteiger partial charge in [0.15, 0.2) is 0 Å². The van der Waals surface area contributed by atoms with Crippen LogP contribution in [0.1, 0.15) is 40.3 Å². The molecule has 0 aliphatic carbocycles. The summed E-state index contributed by atoms with van der Waals surface area (Å²) >= 11 is 1.59. The summed E-state index contributed by atoms with van der Waals surface area (Å²) in [4.78, 5) is 22.4. The second-order valence-corrected chi connectivity index (χ2v) is 7.91. The van der Waals surface area contributed by atoms with E-state index in [1.807, 2.05) is 29.9 Å². The van der Waals surface area contributed by atoms with Crippen molar-refractivity contribution in [3.05, 3.63) is 63.7 Å². The van der Waals surface area contributed by atoms with E-state index in [2.05, 4.69) is 29.1 Å². The molecule has 0 aliphatic rings. The Labute approximate surface area is 173 Å². The standard InChI is InChI=1S/C21H24N4O3S/c1-21(2,18-10-23-12-29-18)13-5-8-17(28-4)16(9-13)25-20(26)15-7-6-14(11-27-3)24-19(15)22/h5-10,12H,11H2,1-4H3,(H2,22,24)(H,25,26). The van der Waals surface area contributed by atoms with Gasteiger partial charge in [0.1, 0.15) is 11.6 Å². The molecule has 1 amide bonds. The summed E-state index contributed by atoms with van der Waals surface area (Å²) in [7, 11) is 3.14. The zero-order valence-electron chi connectivity index (χ0n) is 16.9. The predicted octanol–water partition coefficient (Wildman–Crippen LogP) is 3.85. The molecule has 0 atom stereocenters. The fraction of sp³-hybridized carbons (Fsp3) is 0.286. The fourth-order valence-corrected chi connectivity index (χ4v) is 3.76. The number of methoxy groups -OCH3 is 2. The molecule has 3 aromatic rings. The zero-order chi connectivity index (χ0) is 21.0. The molecule has 3 rings (SSSR count). The number of nitrogens with two attached hydrogens (primary N) is 1. The molecule has 1 aromatic carbocycles. The molecule has 29 heavy (non-hydrogen) atoms. The van der Waals surface area contributed by atoms with E-state index in [1.165, 1.54) is 0 Å². The van der Waals surface area contributed by atoms with E-state index in [0.717, 1.165) is 10.4 Å². The number of pyridine rings is 1. The van der Waals surface area contributed by atoms with Crippen molar-refractivity contribution in [2.45, 2.75) is 25.9 Å². The molecule has 0 unspecified atom stereocenters. The highest BCUT2D eigenvalue weighted by Gasteiger charge is 2.26. The average Bonchev–Trinajstić information content (AvgIpc) is 3.24. The minimum Gasteiger partial charge on any atom is -0.495 e. The molecular formula is C21H24N4O3S. The molecule has 2 aromatic heterocycles. The number of amides is 1. The number of nitrogens with zero attached hydrogens (tertiary/aromatic N) is 2. The number of aromatic nitrogens is 2. The summed E-state index contributed by atoms with van der Waals surface area (Å²) < 4.78 is 10.5. The summed E-state index contributed by atoms with van der Waals surface area (Å²) in [6.45, 7) is 4.56. The number of nitrogen functional groups attached to an aromatic ring is 1. The van der Waals surface area contributed by atoms with Gasteiger partial charge in [-0.15, -0.1) is 11.3 Å². The SMILES string of the molecule is COCc1ccc(C(=O)Nc2cc(C(C)(C)c3cncs3)ccc2OC)c(N)n1. The summed E-state index contributed by atoms with van der Waals surface area (Å²) in [5.41, 5.74) is 10.1. The highest BCUT2D eigenvalue weighted by Crippen LogP contribution is 2.37. The third kappa shape index (κ3) is 4.38. The Kier molecular flexibility index (Phi) is 6.14. The number of rotatable bonds is 7. The first-order chi connectivity index (χ1) is 13.9. The van der Waals surface area contributed by atoms with Crippen molar-refractivity contribution in [1.82, 2.24) is 9.97 Å². The summed E-state index contributed by atoms with van der Waals surface area (Å²) in [5, 5.41) is 2.90. The number of anilines is 2. The van der Waals surface area contributed by atoms with E-state index >= 15 is 0 Å². The van der Waals surface area contributed by atoms with Crippen molar-refractivity contribution in [1.29, 1.82) is 0 Å². The normalized spacial score (nSPS) is 11.3. The molecular weight excluding hydrogens is 388 g/mol.